The Balaban J connectivity index is 2.15. The summed E-state index contributed by atoms with van der Waals surface area (Å²) in [6.45, 7) is 2.78. The predicted molar refractivity (Wildman–Crippen MR) is 81.1 cm³/mol. The second-order valence-electron chi connectivity index (χ2n) is 5.64. The molecule has 2 rings (SSSR count). The van der Waals surface area contributed by atoms with Gasteiger partial charge in [-0.1, -0.05) is 6.92 Å². The van der Waals surface area contributed by atoms with Crippen LogP contribution in [0.5, 0.6) is 11.5 Å². The third-order valence-corrected chi connectivity index (χ3v) is 4.19. The highest BCUT2D eigenvalue weighted by atomic mass is 16.5. The number of rotatable bonds is 6. The molecule has 0 unspecified atom stereocenters. The van der Waals surface area contributed by atoms with Crippen molar-refractivity contribution in [1.29, 1.82) is 0 Å². The van der Waals surface area contributed by atoms with Crippen LogP contribution in [0.3, 0.4) is 0 Å². The number of methoxy groups -OCH3 is 1. The highest BCUT2D eigenvalue weighted by molar-refractivity contribution is 5.70. The molecule has 0 saturated heterocycles. The molecule has 1 fully saturated rings. The van der Waals surface area contributed by atoms with Crippen LogP contribution in [-0.2, 0) is 4.79 Å². The highest BCUT2D eigenvalue weighted by Gasteiger charge is 2.28. The molecule has 1 aliphatic carbocycles. The Morgan fingerprint density at radius 1 is 1.29 bits per heavy atom. The molecule has 21 heavy (non-hydrogen) atoms. The molecule has 0 amide bonds. The summed E-state index contributed by atoms with van der Waals surface area (Å²) in [4.78, 5) is 11.1. The van der Waals surface area contributed by atoms with E-state index in [1.165, 1.54) is 0 Å². The molecule has 4 nitrogen and oxygen atoms in total. The number of ether oxygens (including phenoxy) is 2. The molecule has 1 N–H and O–H groups in total. The molecule has 1 aliphatic rings. The maximum absolute atomic E-state index is 11.1. The van der Waals surface area contributed by atoms with Gasteiger partial charge in [0.2, 0.25) is 0 Å². The topological polar surface area (TPSA) is 55.8 Å². The lowest BCUT2D eigenvalue weighted by Gasteiger charge is -2.28. The van der Waals surface area contributed by atoms with E-state index in [4.69, 9.17) is 14.6 Å². The summed E-state index contributed by atoms with van der Waals surface area (Å²) in [5.41, 5.74) is 1.16. The fraction of sp³-hybridized carbons (Fsp3) is 0.588. The average molecular weight is 292 g/mol. The summed E-state index contributed by atoms with van der Waals surface area (Å²) in [5, 5.41) is 9.10. The van der Waals surface area contributed by atoms with Gasteiger partial charge >= 0.3 is 5.97 Å². The standard InChI is InChI=1S/C17H24O4/c1-3-10-21-16-9-8-14(20-2)11-15(16)12-4-6-13(7-5-12)17(18)19/h8-9,11-13H,3-7,10H2,1-2H3,(H,18,19). The van der Waals surface area contributed by atoms with Crippen molar-refractivity contribution in [2.75, 3.05) is 13.7 Å². The fourth-order valence-corrected chi connectivity index (χ4v) is 2.97. The minimum absolute atomic E-state index is 0.188. The Morgan fingerprint density at radius 2 is 2.00 bits per heavy atom. The minimum atomic E-state index is -0.665. The molecule has 0 spiro atoms. The zero-order valence-electron chi connectivity index (χ0n) is 12.8. The van der Waals surface area contributed by atoms with Crippen molar-refractivity contribution >= 4 is 5.97 Å². The maximum Gasteiger partial charge on any atom is 0.306 e. The van der Waals surface area contributed by atoms with Crippen molar-refractivity contribution < 1.29 is 19.4 Å². The van der Waals surface area contributed by atoms with E-state index in [9.17, 15) is 4.79 Å². The SMILES string of the molecule is CCCOc1ccc(OC)cc1C1CCC(C(=O)O)CC1. The van der Waals surface area contributed by atoms with Crippen LogP contribution in [0.1, 0.15) is 50.5 Å². The van der Waals surface area contributed by atoms with E-state index >= 15 is 0 Å². The number of hydrogen-bond acceptors (Lipinski definition) is 3. The summed E-state index contributed by atoms with van der Waals surface area (Å²) in [6.07, 6.45) is 4.24. The van der Waals surface area contributed by atoms with Gasteiger partial charge in [0.15, 0.2) is 0 Å². The third-order valence-electron chi connectivity index (χ3n) is 4.19. The molecule has 116 valence electrons. The first-order chi connectivity index (χ1) is 10.2. The number of carbonyl (C=O) groups is 1. The molecular formula is C17H24O4. The lowest BCUT2D eigenvalue weighted by molar-refractivity contribution is -0.142. The Bertz CT molecular complexity index is 476. The van der Waals surface area contributed by atoms with Crippen LogP contribution >= 0.6 is 0 Å². The van der Waals surface area contributed by atoms with Crippen LogP contribution in [0.2, 0.25) is 0 Å². The molecule has 0 heterocycles. The number of carboxylic acid groups (broad SMARTS) is 1. The van der Waals surface area contributed by atoms with Gasteiger partial charge in [-0.2, -0.15) is 0 Å². The molecular weight excluding hydrogens is 268 g/mol. The van der Waals surface area contributed by atoms with E-state index in [0.29, 0.717) is 12.5 Å². The van der Waals surface area contributed by atoms with Gasteiger partial charge in [-0.05, 0) is 56.2 Å². The van der Waals surface area contributed by atoms with Crippen LogP contribution < -0.4 is 9.47 Å². The Kier molecular flexibility index (Phi) is 5.48. The zero-order chi connectivity index (χ0) is 15.2. The summed E-state index contributed by atoms with van der Waals surface area (Å²) in [5.74, 6) is 1.25. The smallest absolute Gasteiger partial charge is 0.306 e. The van der Waals surface area contributed by atoms with E-state index in [2.05, 4.69) is 6.92 Å². The van der Waals surface area contributed by atoms with Crippen LogP contribution in [0.15, 0.2) is 18.2 Å². The molecule has 0 atom stereocenters. The average Bonchev–Trinajstić information content (AvgIpc) is 2.53. The Hall–Kier alpha value is -1.71. The van der Waals surface area contributed by atoms with Crippen molar-refractivity contribution in [3.63, 3.8) is 0 Å². The highest BCUT2D eigenvalue weighted by Crippen LogP contribution is 2.41. The molecule has 0 aromatic heterocycles. The van der Waals surface area contributed by atoms with Gasteiger partial charge in [0.1, 0.15) is 11.5 Å². The first-order valence-electron chi connectivity index (χ1n) is 7.69. The number of aliphatic carboxylic acids is 1. The molecule has 1 saturated carbocycles. The summed E-state index contributed by atoms with van der Waals surface area (Å²) >= 11 is 0. The normalized spacial score (nSPS) is 21.8. The van der Waals surface area contributed by atoms with Crippen molar-refractivity contribution in [2.45, 2.75) is 44.9 Å². The second-order valence-corrected chi connectivity index (χ2v) is 5.64. The van der Waals surface area contributed by atoms with E-state index in [-0.39, 0.29) is 5.92 Å². The lowest BCUT2D eigenvalue weighted by Crippen LogP contribution is -2.20. The molecule has 0 radical (unpaired) electrons. The molecule has 4 heteroatoms. The van der Waals surface area contributed by atoms with Crippen molar-refractivity contribution in [3.8, 4) is 11.5 Å². The molecule has 0 aliphatic heterocycles. The van der Waals surface area contributed by atoms with Crippen molar-refractivity contribution in [1.82, 2.24) is 0 Å². The van der Waals surface area contributed by atoms with Gasteiger partial charge < -0.3 is 14.6 Å². The van der Waals surface area contributed by atoms with Crippen LogP contribution in [0.25, 0.3) is 0 Å². The van der Waals surface area contributed by atoms with Crippen molar-refractivity contribution in [3.05, 3.63) is 23.8 Å². The zero-order valence-corrected chi connectivity index (χ0v) is 12.8. The largest absolute Gasteiger partial charge is 0.497 e. The second kappa shape index (κ2) is 7.34. The van der Waals surface area contributed by atoms with E-state index in [0.717, 1.165) is 49.2 Å². The summed E-state index contributed by atoms with van der Waals surface area (Å²) in [6, 6.07) is 5.92. The fourth-order valence-electron chi connectivity index (χ4n) is 2.97. The maximum atomic E-state index is 11.1. The van der Waals surface area contributed by atoms with Gasteiger partial charge in [-0.25, -0.2) is 0 Å². The number of carboxylic acids is 1. The van der Waals surface area contributed by atoms with Crippen LogP contribution in [0, 0.1) is 5.92 Å². The lowest BCUT2D eigenvalue weighted by atomic mass is 9.78. The van der Waals surface area contributed by atoms with Gasteiger partial charge in [-0.15, -0.1) is 0 Å². The van der Waals surface area contributed by atoms with Gasteiger partial charge in [0.25, 0.3) is 0 Å². The molecule has 0 bridgehead atoms. The number of benzene rings is 1. The van der Waals surface area contributed by atoms with Gasteiger partial charge in [0.05, 0.1) is 19.6 Å². The van der Waals surface area contributed by atoms with Crippen LogP contribution in [0.4, 0.5) is 0 Å². The van der Waals surface area contributed by atoms with E-state index in [1.807, 2.05) is 18.2 Å². The number of hydrogen-bond donors (Lipinski definition) is 1. The van der Waals surface area contributed by atoms with Gasteiger partial charge in [-0.3, -0.25) is 4.79 Å². The van der Waals surface area contributed by atoms with E-state index in [1.54, 1.807) is 7.11 Å². The predicted octanol–water partition coefficient (Wildman–Crippen LogP) is 3.84. The van der Waals surface area contributed by atoms with Crippen molar-refractivity contribution in [2.24, 2.45) is 5.92 Å². The quantitative estimate of drug-likeness (QED) is 0.865. The van der Waals surface area contributed by atoms with E-state index < -0.39 is 5.97 Å². The molecule has 1 aromatic carbocycles. The third kappa shape index (κ3) is 3.90. The Morgan fingerprint density at radius 3 is 2.57 bits per heavy atom. The first kappa shape index (κ1) is 15.7. The molecule has 1 aromatic rings. The minimum Gasteiger partial charge on any atom is -0.497 e. The first-order valence-corrected chi connectivity index (χ1v) is 7.69. The monoisotopic (exact) mass is 292 g/mol. The summed E-state index contributed by atoms with van der Waals surface area (Å²) < 4.78 is 11.2. The van der Waals surface area contributed by atoms with Gasteiger partial charge in [0, 0.05) is 5.56 Å². The summed E-state index contributed by atoms with van der Waals surface area (Å²) in [7, 11) is 1.66. The van der Waals surface area contributed by atoms with Crippen LogP contribution in [-0.4, -0.2) is 24.8 Å². The Labute approximate surface area is 126 Å².